The van der Waals surface area contributed by atoms with Crippen LogP contribution < -0.4 is 4.90 Å². The van der Waals surface area contributed by atoms with Crippen LogP contribution >= 0.6 is 11.6 Å². The average molecular weight is 481 g/mol. The van der Waals surface area contributed by atoms with E-state index >= 15 is 0 Å². The molecule has 2 aliphatic rings. The Hall–Kier alpha value is -3.46. The van der Waals surface area contributed by atoms with E-state index in [4.69, 9.17) is 11.6 Å². The number of benzene rings is 1. The minimum Gasteiger partial charge on any atom is -0.465 e. The van der Waals surface area contributed by atoms with Crippen LogP contribution in [0.25, 0.3) is 33.2 Å². The molecular weight excluding hydrogens is 459 g/mol. The summed E-state index contributed by atoms with van der Waals surface area (Å²) >= 11 is 6.64. The molecule has 3 aromatic heterocycles. The zero-order valence-corrected chi connectivity index (χ0v) is 19.2. The molecule has 2 saturated heterocycles. The number of piperidine rings is 1. The molecule has 2 fully saturated rings. The van der Waals surface area contributed by atoms with E-state index in [2.05, 4.69) is 20.0 Å². The van der Waals surface area contributed by atoms with E-state index in [1.807, 2.05) is 12.1 Å². The second-order valence-electron chi connectivity index (χ2n) is 9.10. The van der Waals surface area contributed by atoms with Crippen molar-refractivity contribution < 1.29 is 14.3 Å². The number of hydrogen-bond donors (Lipinski definition) is 1. The molecule has 0 unspecified atom stereocenters. The molecule has 2 aliphatic heterocycles. The number of carboxylic acid groups (broad SMARTS) is 1. The van der Waals surface area contributed by atoms with E-state index in [9.17, 15) is 14.3 Å². The lowest BCUT2D eigenvalue weighted by atomic mass is 9.92. The summed E-state index contributed by atoms with van der Waals surface area (Å²) in [5, 5.41) is 15.6. The minimum atomic E-state index is -0.853. The molecule has 0 bridgehead atoms. The molecule has 34 heavy (non-hydrogen) atoms. The molecule has 10 heteroatoms. The van der Waals surface area contributed by atoms with Crippen LogP contribution in [0.3, 0.4) is 0 Å². The summed E-state index contributed by atoms with van der Waals surface area (Å²) in [6.07, 6.45) is 4.57. The number of nitrogens with zero attached hydrogens (tertiary/aromatic N) is 6. The summed E-state index contributed by atoms with van der Waals surface area (Å²) in [5.74, 6) is -0.103. The van der Waals surface area contributed by atoms with Gasteiger partial charge in [0.2, 0.25) is 0 Å². The van der Waals surface area contributed by atoms with Crippen LogP contribution in [0.15, 0.2) is 36.7 Å². The predicted octanol–water partition coefficient (Wildman–Crippen LogP) is 4.55. The fourth-order valence-electron chi connectivity index (χ4n) is 5.37. The van der Waals surface area contributed by atoms with E-state index in [-0.39, 0.29) is 6.04 Å². The highest BCUT2D eigenvalue weighted by Gasteiger charge is 2.41. The van der Waals surface area contributed by atoms with Crippen LogP contribution in [0.2, 0.25) is 5.02 Å². The first-order chi connectivity index (χ1) is 16.4. The van der Waals surface area contributed by atoms with Crippen LogP contribution in [0, 0.1) is 11.7 Å². The fourth-order valence-corrected chi connectivity index (χ4v) is 5.61. The lowest BCUT2D eigenvalue weighted by Gasteiger charge is -2.34. The lowest BCUT2D eigenvalue weighted by Crippen LogP contribution is -2.47. The van der Waals surface area contributed by atoms with Crippen LogP contribution in [0.5, 0.6) is 0 Å². The lowest BCUT2D eigenvalue weighted by molar-refractivity contribution is 0.0965. The fraction of sp³-hybridized carbons (Fsp3) is 0.333. The SMILES string of the molecule is Cn1cc2cc(-c3cc(Cl)c4cc(N5C[C@@H]6CCCN(C(=O)O)[C@@H]6C5)cnc4n3)cc(F)c2n1. The molecule has 0 aliphatic carbocycles. The number of carbonyl (C=O) groups is 1. The number of likely N-dealkylation sites (tertiary alicyclic amines) is 1. The van der Waals surface area contributed by atoms with Crippen molar-refractivity contribution in [3.8, 4) is 11.3 Å². The van der Waals surface area contributed by atoms with Gasteiger partial charge in [-0.25, -0.2) is 19.2 Å². The second-order valence-corrected chi connectivity index (χ2v) is 9.51. The molecule has 4 aromatic rings. The maximum absolute atomic E-state index is 14.6. The maximum atomic E-state index is 14.6. The van der Waals surface area contributed by atoms with Crippen LogP contribution in [-0.4, -0.2) is 61.5 Å². The highest BCUT2D eigenvalue weighted by molar-refractivity contribution is 6.35. The Labute approximate surface area is 199 Å². The molecule has 174 valence electrons. The second kappa shape index (κ2) is 7.80. The summed E-state index contributed by atoms with van der Waals surface area (Å²) in [6, 6.07) is 6.92. The summed E-state index contributed by atoms with van der Waals surface area (Å²) in [4.78, 5) is 24.6. The molecule has 8 nitrogen and oxygen atoms in total. The number of halogens is 2. The van der Waals surface area contributed by atoms with Crippen molar-refractivity contribution in [2.75, 3.05) is 24.5 Å². The van der Waals surface area contributed by atoms with Gasteiger partial charge in [0.1, 0.15) is 5.52 Å². The van der Waals surface area contributed by atoms with Crippen LogP contribution in [-0.2, 0) is 7.05 Å². The van der Waals surface area contributed by atoms with Crippen molar-refractivity contribution in [2.45, 2.75) is 18.9 Å². The van der Waals surface area contributed by atoms with E-state index in [0.717, 1.165) is 25.1 Å². The first-order valence-corrected chi connectivity index (χ1v) is 11.6. The third-order valence-electron chi connectivity index (χ3n) is 6.96. The van der Waals surface area contributed by atoms with Crippen molar-refractivity contribution in [1.29, 1.82) is 0 Å². The summed E-state index contributed by atoms with van der Waals surface area (Å²) < 4.78 is 16.2. The van der Waals surface area contributed by atoms with Crippen molar-refractivity contribution in [1.82, 2.24) is 24.6 Å². The number of aryl methyl sites for hydroxylation is 1. The zero-order valence-electron chi connectivity index (χ0n) is 18.4. The number of rotatable bonds is 2. The topological polar surface area (TPSA) is 87.4 Å². The van der Waals surface area contributed by atoms with Gasteiger partial charge in [-0.2, -0.15) is 5.10 Å². The number of anilines is 1. The Balaban J connectivity index is 1.34. The smallest absolute Gasteiger partial charge is 0.407 e. The van der Waals surface area contributed by atoms with Gasteiger partial charge in [-0.05, 0) is 43.0 Å². The molecule has 0 radical (unpaired) electrons. The van der Waals surface area contributed by atoms with Gasteiger partial charge in [0.05, 0.1) is 28.6 Å². The Morgan fingerprint density at radius 3 is 2.91 bits per heavy atom. The van der Waals surface area contributed by atoms with Crippen molar-refractivity contribution in [3.63, 3.8) is 0 Å². The number of hydrogen-bond acceptors (Lipinski definition) is 5. The Kier molecular flexibility index (Phi) is 4.84. The predicted molar refractivity (Wildman–Crippen MR) is 128 cm³/mol. The first kappa shape index (κ1) is 21.1. The summed E-state index contributed by atoms with van der Waals surface area (Å²) in [7, 11) is 1.75. The van der Waals surface area contributed by atoms with Gasteiger partial charge >= 0.3 is 6.09 Å². The summed E-state index contributed by atoms with van der Waals surface area (Å²) in [5.41, 5.74) is 2.82. The van der Waals surface area contributed by atoms with E-state index in [1.165, 1.54) is 6.07 Å². The number of amides is 1. The highest BCUT2D eigenvalue weighted by atomic mass is 35.5. The standard InChI is InChI=1S/C24H22ClFN6O2/c1-30-10-15-5-14(6-19(26)22(15)29-30)20-8-18(25)17-7-16(9-27-23(17)28-20)31-11-13-3-2-4-32(24(33)34)21(13)12-31/h5-10,13,21H,2-4,11-12H2,1H3,(H,33,34)/t13-,21+/m0/s1. The van der Waals surface area contributed by atoms with Gasteiger partial charge in [0, 0.05) is 49.2 Å². The average Bonchev–Trinajstić information content (AvgIpc) is 3.41. The monoisotopic (exact) mass is 480 g/mol. The van der Waals surface area contributed by atoms with Gasteiger partial charge in [0.15, 0.2) is 11.5 Å². The van der Waals surface area contributed by atoms with Gasteiger partial charge in [-0.15, -0.1) is 0 Å². The number of fused-ring (bicyclic) bond motifs is 3. The van der Waals surface area contributed by atoms with E-state index in [1.54, 1.807) is 35.1 Å². The molecule has 1 amide bonds. The Morgan fingerprint density at radius 1 is 1.24 bits per heavy atom. The van der Waals surface area contributed by atoms with Crippen molar-refractivity contribution in [2.24, 2.45) is 13.0 Å². The van der Waals surface area contributed by atoms with E-state index < -0.39 is 11.9 Å². The molecule has 0 spiro atoms. The molecule has 0 saturated carbocycles. The quantitative estimate of drug-likeness (QED) is 0.452. The number of pyridine rings is 2. The molecule has 1 N–H and O–H groups in total. The first-order valence-electron chi connectivity index (χ1n) is 11.2. The van der Waals surface area contributed by atoms with Gasteiger partial charge in [0.25, 0.3) is 0 Å². The van der Waals surface area contributed by atoms with Crippen molar-refractivity contribution >= 4 is 45.3 Å². The van der Waals surface area contributed by atoms with Crippen molar-refractivity contribution in [3.05, 3.63) is 47.5 Å². The molecular formula is C24H22ClFN6O2. The molecule has 2 atom stereocenters. The van der Waals surface area contributed by atoms with Gasteiger partial charge in [-0.1, -0.05) is 11.6 Å². The Morgan fingerprint density at radius 2 is 2.09 bits per heavy atom. The number of aromatic nitrogens is 4. The minimum absolute atomic E-state index is 0.00444. The Bertz CT molecular complexity index is 1460. The third kappa shape index (κ3) is 3.42. The zero-order chi connectivity index (χ0) is 23.6. The molecule has 5 heterocycles. The van der Waals surface area contributed by atoms with E-state index in [0.29, 0.717) is 57.2 Å². The highest BCUT2D eigenvalue weighted by Crippen LogP contribution is 2.36. The van der Waals surface area contributed by atoms with Gasteiger partial charge in [-0.3, -0.25) is 4.68 Å². The maximum Gasteiger partial charge on any atom is 0.407 e. The van der Waals surface area contributed by atoms with Gasteiger partial charge < -0.3 is 14.9 Å². The summed E-state index contributed by atoms with van der Waals surface area (Å²) in [6.45, 7) is 2.01. The molecule has 6 rings (SSSR count). The van der Waals surface area contributed by atoms with Crippen LogP contribution in [0.1, 0.15) is 12.8 Å². The third-order valence-corrected chi connectivity index (χ3v) is 7.28. The normalized spacial score (nSPS) is 20.3. The largest absolute Gasteiger partial charge is 0.465 e. The molecule has 1 aromatic carbocycles. The van der Waals surface area contributed by atoms with Crippen LogP contribution in [0.4, 0.5) is 14.9 Å².